The highest BCUT2D eigenvalue weighted by molar-refractivity contribution is 9.10. The highest BCUT2D eigenvalue weighted by Gasteiger charge is 2.37. The third-order valence-corrected chi connectivity index (χ3v) is 6.32. The lowest BCUT2D eigenvalue weighted by Gasteiger charge is -2.19. The molecule has 1 fully saturated rings. The van der Waals surface area contributed by atoms with Gasteiger partial charge in [-0.05, 0) is 55.3 Å². The number of halogens is 2. The van der Waals surface area contributed by atoms with Crippen molar-refractivity contribution in [2.75, 3.05) is 30.5 Å². The summed E-state index contributed by atoms with van der Waals surface area (Å²) in [6.45, 7) is 3.52. The average Bonchev–Trinajstić information content (AvgIpc) is 3.14. The second-order valence-corrected chi connectivity index (χ2v) is 8.51. The van der Waals surface area contributed by atoms with Gasteiger partial charge in [-0.1, -0.05) is 27.5 Å². The molecule has 1 atom stereocenters. The van der Waals surface area contributed by atoms with Crippen LogP contribution in [0.2, 0.25) is 5.02 Å². The molecule has 1 N–H and O–H groups in total. The van der Waals surface area contributed by atoms with Crippen LogP contribution in [0.3, 0.4) is 0 Å². The van der Waals surface area contributed by atoms with Crippen molar-refractivity contribution in [3.05, 3.63) is 51.0 Å². The lowest BCUT2D eigenvalue weighted by atomic mass is 10.1. The third kappa shape index (κ3) is 5.19. The topological polar surface area (TPSA) is 84.9 Å². The number of nitrogens with one attached hydrogen (secondary N) is 1. The Morgan fingerprint density at radius 1 is 1.23 bits per heavy atom. The highest BCUT2D eigenvalue weighted by atomic mass is 79.9. The number of anilines is 2. The average molecular weight is 510 g/mol. The van der Waals surface area contributed by atoms with Crippen molar-refractivity contribution in [2.24, 2.45) is 5.92 Å². The van der Waals surface area contributed by atoms with E-state index in [4.69, 9.17) is 21.1 Å². The number of amides is 2. The fraction of sp³-hybridized carbons (Fsp3) is 0.318. The molecule has 2 aromatic rings. The summed E-state index contributed by atoms with van der Waals surface area (Å²) in [5.41, 5.74) is 3.07. The molecule has 0 saturated carbocycles. The number of benzene rings is 2. The molecule has 1 aliphatic heterocycles. The van der Waals surface area contributed by atoms with Gasteiger partial charge in [-0.3, -0.25) is 14.4 Å². The van der Waals surface area contributed by atoms with Crippen LogP contribution in [0.25, 0.3) is 0 Å². The molecule has 0 radical (unpaired) electrons. The van der Waals surface area contributed by atoms with E-state index in [0.717, 1.165) is 15.6 Å². The molecule has 2 aromatic carbocycles. The SMILES string of the molecule is COc1ccc(Cl)cc1N1C[C@H](C(=O)OCC(=O)Nc2ccc(Br)c(C)c2C)CC1=O. The maximum Gasteiger partial charge on any atom is 0.311 e. The third-order valence-electron chi connectivity index (χ3n) is 5.23. The number of rotatable bonds is 6. The van der Waals surface area contributed by atoms with E-state index < -0.39 is 24.4 Å². The first-order valence-electron chi connectivity index (χ1n) is 9.57. The normalized spacial score (nSPS) is 15.7. The zero-order valence-corrected chi connectivity index (χ0v) is 19.7. The molecule has 164 valence electrons. The Morgan fingerprint density at radius 3 is 2.68 bits per heavy atom. The second-order valence-electron chi connectivity index (χ2n) is 7.22. The van der Waals surface area contributed by atoms with Crippen LogP contribution >= 0.6 is 27.5 Å². The summed E-state index contributed by atoms with van der Waals surface area (Å²) < 4.78 is 11.4. The number of carbonyl (C=O) groups is 3. The number of ether oxygens (including phenoxy) is 2. The number of hydrogen-bond acceptors (Lipinski definition) is 5. The monoisotopic (exact) mass is 508 g/mol. The van der Waals surface area contributed by atoms with E-state index in [2.05, 4.69) is 21.2 Å². The fourth-order valence-corrected chi connectivity index (χ4v) is 3.93. The minimum absolute atomic E-state index is 0.0128. The van der Waals surface area contributed by atoms with Gasteiger partial charge in [0.2, 0.25) is 5.91 Å². The summed E-state index contributed by atoms with van der Waals surface area (Å²) in [6.07, 6.45) is -0.0128. The van der Waals surface area contributed by atoms with E-state index in [1.807, 2.05) is 19.9 Å². The van der Waals surface area contributed by atoms with E-state index in [1.165, 1.54) is 12.0 Å². The van der Waals surface area contributed by atoms with Crippen molar-refractivity contribution in [1.29, 1.82) is 0 Å². The summed E-state index contributed by atoms with van der Waals surface area (Å²) in [6, 6.07) is 8.54. The predicted octanol–water partition coefficient (Wildman–Crippen LogP) is 4.26. The van der Waals surface area contributed by atoms with Crippen LogP contribution in [0, 0.1) is 19.8 Å². The largest absolute Gasteiger partial charge is 0.495 e. The van der Waals surface area contributed by atoms with Crippen LogP contribution in [0.1, 0.15) is 17.5 Å². The van der Waals surface area contributed by atoms with Crippen molar-refractivity contribution in [3.8, 4) is 5.75 Å². The quantitative estimate of drug-likeness (QED) is 0.588. The van der Waals surface area contributed by atoms with Gasteiger partial charge in [0.25, 0.3) is 5.91 Å². The molecule has 0 bridgehead atoms. The minimum atomic E-state index is -0.680. The lowest BCUT2D eigenvalue weighted by molar-refractivity contribution is -0.151. The summed E-state index contributed by atoms with van der Waals surface area (Å²) in [4.78, 5) is 38.6. The lowest BCUT2D eigenvalue weighted by Crippen LogP contribution is -2.28. The Balaban J connectivity index is 1.59. The van der Waals surface area contributed by atoms with Crippen LogP contribution in [-0.2, 0) is 19.1 Å². The van der Waals surface area contributed by atoms with Gasteiger partial charge in [0.05, 0.1) is 18.7 Å². The molecule has 0 spiro atoms. The van der Waals surface area contributed by atoms with Crippen LogP contribution in [0.5, 0.6) is 5.75 Å². The number of esters is 1. The molecular formula is C22H22BrClN2O5. The van der Waals surface area contributed by atoms with Crippen LogP contribution in [0.15, 0.2) is 34.8 Å². The van der Waals surface area contributed by atoms with Crippen molar-refractivity contribution < 1.29 is 23.9 Å². The standard InChI is InChI=1S/C22H22BrClN2O5/c1-12-13(2)17(6-5-16(12)23)25-20(27)11-31-22(29)14-8-21(28)26(10-14)18-9-15(24)4-7-19(18)30-3/h4-7,9,14H,8,10-11H2,1-3H3,(H,25,27)/t14-/m1/s1. The zero-order valence-electron chi connectivity index (χ0n) is 17.3. The van der Waals surface area contributed by atoms with E-state index in [0.29, 0.717) is 22.1 Å². The molecule has 1 heterocycles. The molecule has 0 unspecified atom stereocenters. The summed E-state index contributed by atoms with van der Waals surface area (Å²) in [5, 5.41) is 3.19. The molecule has 0 aromatic heterocycles. The molecule has 0 aliphatic carbocycles. The van der Waals surface area contributed by atoms with Gasteiger partial charge < -0.3 is 19.7 Å². The first kappa shape index (κ1) is 23.1. The van der Waals surface area contributed by atoms with Crippen LogP contribution in [-0.4, -0.2) is 38.0 Å². The van der Waals surface area contributed by atoms with Gasteiger partial charge in [-0.25, -0.2) is 0 Å². The van der Waals surface area contributed by atoms with Crippen LogP contribution < -0.4 is 15.0 Å². The van der Waals surface area contributed by atoms with E-state index in [-0.39, 0.29) is 18.9 Å². The van der Waals surface area contributed by atoms with E-state index in [9.17, 15) is 14.4 Å². The Labute approximate surface area is 193 Å². The summed E-state index contributed by atoms with van der Waals surface area (Å²) >= 11 is 9.49. The number of methoxy groups -OCH3 is 1. The zero-order chi connectivity index (χ0) is 22.7. The summed E-state index contributed by atoms with van der Waals surface area (Å²) in [5.74, 6) is -1.49. The Morgan fingerprint density at radius 2 is 1.97 bits per heavy atom. The van der Waals surface area contributed by atoms with Crippen molar-refractivity contribution in [3.63, 3.8) is 0 Å². The predicted molar refractivity (Wildman–Crippen MR) is 122 cm³/mol. The van der Waals surface area contributed by atoms with Gasteiger partial charge >= 0.3 is 5.97 Å². The molecule has 31 heavy (non-hydrogen) atoms. The van der Waals surface area contributed by atoms with E-state index >= 15 is 0 Å². The second kappa shape index (κ2) is 9.70. The Kier molecular flexibility index (Phi) is 7.23. The van der Waals surface area contributed by atoms with Crippen LogP contribution in [0.4, 0.5) is 11.4 Å². The Hall–Kier alpha value is -2.58. The number of hydrogen-bond donors (Lipinski definition) is 1. The molecular weight excluding hydrogens is 488 g/mol. The molecule has 7 nitrogen and oxygen atoms in total. The van der Waals surface area contributed by atoms with Gasteiger partial charge in [0.15, 0.2) is 6.61 Å². The number of nitrogens with zero attached hydrogens (tertiary/aromatic N) is 1. The molecule has 3 rings (SSSR count). The first-order valence-corrected chi connectivity index (χ1v) is 10.7. The number of carbonyl (C=O) groups excluding carboxylic acids is 3. The van der Waals surface area contributed by atoms with Gasteiger partial charge in [-0.2, -0.15) is 0 Å². The maximum atomic E-state index is 12.5. The summed E-state index contributed by atoms with van der Waals surface area (Å²) in [7, 11) is 1.49. The van der Waals surface area contributed by atoms with Crippen molar-refractivity contribution in [2.45, 2.75) is 20.3 Å². The minimum Gasteiger partial charge on any atom is -0.495 e. The maximum absolute atomic E-state index is 12.5. The van der Waals surface area contributed by atoms with Crippen molar-refractivity contribution >= 4 is 56.7 Å². The highest BCUT2D eigenvalue weighted by Crippen LogP contribution is 2.35. The molecule has 1 aliphatic rings. The molecule has 9 heteroatoms. The van der Waals surface area contributed by atoms with E-state index in [1.54, 1.807) is 24.3 Å². The molecule has 1 saturated heterocycles. The fourth-order valence-electron chi connectivity index (χ4n) is 3.34. The smallest absolute Gasteiger partial charge is 0.311 e. The first-order chi connectivity index (χ1) is 14.7. The van der Waals surface area contributed by atoms with Gasteiger partial charge in [-0.15, -0.1) is 0 Å². The van der Waals surface area contributed by atoms with Crippen molar-refractivity contribution in [1.82, 2.24) is 0 Å². The Bertz CT molecular complexity index is 1040. The molecule has 2 amide bonds. The van der Waals surface area contributed by atoms with Gasteiger partial charge in [0.1, 0.15) is 5.75 Å². The van der Waals surface area contributed by atoms with Gasteiger partial charge in [0, 0.05) is 28.1 Å².